The second-order valence-corrected chi connectivity index (χ2v) is 6.95. The van der Waals surface area contributed by atoms with Gasteiger partial charge >= 0.3 is 0 Å². The van der Waals surface area contributed by atoms with Crippen LogP contribution in [0.2, 0.25) is 5.02 Å². The first-order chi connectivity index (χ1) is 10.0. The van der Waals surface area contributed by atoms with E-state index in [-0.39, 0.29) is 5.91 Å². The number of carbonyl (C=O) groups is 1. The lowest BCUT2D eigenvalue weighted by atomic mass is 9.99. The number of nitrogen functional groups attached to an aromatic ring is 1. The number of rotatable bonds is 2. The number of halogens is 1. The van der Waals surface area contributed by atoms with E-state index in [9.17, 15) is 4.79 Å². The molecule has 0 bridgehead atoms. The SMILES string of the molecule is Cc1cc(N)c(Cl)cc1NC(=O)c1cc2c(s1)CCCC2. The molecule has 5 heteroatoms. The van der Waals surface area contributed by atoms with Crippen LogP contribution in [-0.4, -0.2) is 5.91 Å². The van der Waals surface area contributed by atoms with Gasteiger partial charge in [-0.25, -0.2) is 0 Å². The number of anilines is 2. The molecule has 0 radical (unpaired) electrons. The standard InChI is InChI=1S/C16H17ClN2OS/c1-9-6-12(18)11(17)8-13(9)19-16(20)15-7-10-4-2-3-5-14(10)21-15/h6-8H,2-5,18H2,1H3,(H,19,20). The summed E-state index contributed by atoms with van der Waals surface area (Å²) < 4.78 is 0. The molecule has 0 spiro atoms. The van der Waals surface area contributed by atoms with Crippen molar-refractivity contribution in [1.82, 2.24) is 0 Å². The summed E-state index contributed by atoms with van der Waals surface area (Å²) in [6.07, 6.45) is 4.63. The van der Waals surface area contributed by atoms with Crippen molar-refractivity contribution >= 4 is 40.2 Å². The summed E-state index contributed by atoms with van der Waals surface area (Å²) in [7, 11) is 0. The number of fused-ring (bicyclic) bond motifs is 1. The summed E-state index contributed by atoms with van der Waals surface area (Å²) in [6.45, 7) is 1.90. The third-order valence-corrected chi connectivity index (χ3v) is 5.38. The smallest absolute Gasteiger partial charge is 0.265 e. The van der Waals surface area contributed by atoms with Crippen LogP contribution >= 0.6 is 22.9 Å². The Labute approximate surface area is 133 Å². The minimum atomic E-state index is -0.0710. The van der Waals surface area contributed by atoms with Gasteiger partial charge in [0, 0.05) is 10.6 Å². The molecule has 1 amide bonds. The van der Waals surface area contributed by atoms with Crippen molar-refractivity contribution < 1.29 is 4.79 Å². The van der Waals surface area contributed by atoms with Crippen LogP contribution in [0.15, 0.2) is 18.2 Å². The zero-order valence-electron chi connectivity index (χ0n) is 11.8. The van der Waals surface area contributed by atoms with E-state index in [0.29, 0.717) is 16.4 Å². The Kier molecular flexibility index (Phi) is 3.91. The Morgan fingerprint density at radius 2 is 2.05 bits per heavy atom. The zero-order valence-corrected chi connectivity index (χ0v) is 13.4. The molecule has 3 rings (SSSR count). The number of aryl methyl sites for hydroxylation is 3. The van der Waals surface area contributed by atoms with E-state index in [4.69, 9.17) is 17.3 Å². The van der Waals surface area contributed by atoms with E-state index >= 15 is 0 Å². The molecule has 1 aliphatic rings. The molecule has 1 aromatic heterocycles. The maximum Gasteiger partial charge on any atom is 0.265 e. The second-order valence-electron chi connectivity index (χ2n) is 5.41. The van der Waals surface area contributed by atoms with Gasteiger partial charge < -0.3 is 11.1 Å². The normalized spacial score (nSPS) is 13.8. The summed E-state index contributed by atoms with van der Waals surface area (Å²) in [6, 6.07) is 5.51. The van der Waals surface area contributed by atoms with Crippen LogP contribution in [0.25, 0.3) is 0 Å². The molecule has 3 nitrogen and oxygen atoms in total. The third kappa shape index (κ3) is 2.92. The van der Waals surface area contributed by atoms with Crippen molar-refractivity contribution in [3.63, 3.8) is 0 Å². The van der Waals surface area contributed by atoms with Gasteiger partial charge in [0.15, 0.2) is 0 Å². The van der Waals surface area contributed by atoms with Crippen molar-refractivity contribution in [2.75, 3.05) is 11.1 Å². The van der Waals surface area contributed by atoms with Crippen molar-refractivity contribution in [3.05, 3.63) is 44.1 Å². The van der Waals surface area contributed by atoms with Gasteiger partial charge in [-0.15, -0.1) is 11.3 Å². The number of carbonyl (C=O) groups excluding carboxylic acids is 1. The van der Waals surface area contributed by atoms with Crippen LogP contribution in [0.1, 0.15) is 38.5 Å². The van der Waals surface area contributed by atoms with Gasteiger partial charge in [-0.1, -0.05) is 11.6 Å². The summed E-state index contributed by atoms with van der Waals surface area (Å²) in [4.78, 5) is 14.5. The van der Waals surface area contributed by atoms with Crippen molar-refractivity contribution in [1.29, 1.82) is 0 Å². The highest BCUT2D eigenvalue weighted by molar-refractivity contribution is 7.14. The predicted octanol–water partition coefficient (Wildman–Crippen LogP) is 4.42. The highest BCUT2D eigenvalue weighted by Gasteiger charge is 2.18. The average Bonchev–Trinajstić information content (AvgIpc) is 2.88. The molecule has 1 heterocycles. The minimum Gasteiger partial charge on any atom is -0.398 e. The van der Waals surface area contributed by atoms with Gasteiger partial charge in [0.25, 0.3) is 5.91 Å². The molecule has 2 aromatic rings. The van der Waals surface area contributed by atoms with E-state index < -0.39 is 0 Å². The van der Waals surface area contributed by atoms with E-state index in [2.05, 4.69) is 5.32 Å². The molecule has 0 fully saturated rings. The van der Waals surface area contributed by atoms with Crippen molar-refractivity contribution in [3.8, 4) is 0 Å². The monoisotopic (exact) mass is 320 g/mol. The predicted molar refractivity (Wildman–Crippen MR) is 89.5 cm³/mol. The molecule has 0 atom stereocenters. The van der Waals surface area contributed by atoms with Crippen LogP contribution in [0.5, 0.6) is 0 Å². The Bertz CT molecular complexity index is 685. The summed E-state index contributed by atoms with van der Waals surface area (Å²) >= 11 is 7.63. The van der Waals surface area contributed by atoms with Gasteiger partial charge in [-0.2, -0.15) is 0 Å². The summed E-state index contributed by atoms with van der Waals surface area (Å²) in [5.41, 5.74) is 9.24. The summed E-state index contributed by atoms with van der Waals surface area (Å²) in [5, 5.41) is 3.39. The number of nitrogens with one attached hydrogen (secondary N) is 1. The molecule has 1 aliphatic carbocycles. The highest BCUT2D eigenvalue weighted by Crippen LogP contribution is 2.31. The number of thiophene rings is 1. The second kappa shape index (κ2) is 5.70. The zero-order chi connectivity index (χ0) is 15.0. The number of hydrogen-bond acceptors (Lipinski definition) is 3. The molecule has 1 aromatic carbocycles. The van der Waals surface area contributed by atoms with Gasteiger partial charge in [0.2, 0.25) is 0 Å². The van der Waals surface area contributed by atoms with Crippen molar-refractivity contribution in [2.45, 2.75) is 32.6 Å². The fraction of sp³-hybridized carbons (Fsp3) is 0.312. The Hall–Kier alpha value is -1.52. The Morgan fingerprint density at radius 1 is 1.29 bits per heavy atom. The average molecular weight is 321 g/mol. The van der Waals surface area contributed by atoms with E-state index in [1.165, 1.54) is 23.3 Å². The number of benzene rings is 1. The van der Waals surface area contributed by atoms with Crippen LogP contribution in [0.3, 0.4) is 0 Å². The Balaban J connectivity index is 1.83. The van der Waals surface area contributed by atoms with Gasteiger partial charge in [-0.05, 0) is 61.9 Å². The van der Waals surface area contributed by atoms with Gasteiger partial charge in [-0.3, -0.25) is 4.79 Å². The molecule has 0 saturated carbocycles. The number of amides is 1. The van der Waals surface area contributed by atoms with Crippen LogP contribution < -0.4 is 11.1 Å². The highest BCUT2D eigenvalue weighted by atomic mass is 35.5. The van der Waals surface area contributed by atoms with E-state index in [0.717, 1.165) is 23.3 Å². The fourth-order valence-corrected chi connectivity index (χ4v) is 3.94. The third-order valence-electron chi connectivity index (χ3n) is 3.81. The minimum absolute atomic E-state index is 0.0710. The lowest BCUT2D eigenvalue weighted by Gasteiger charge is -2.09. The molecule has 0 unspecified atom stereocenters. The van der Waals surface area contributed by atoms with Gasteiger partial charge in [0.05, 0.1) is 15.6 Å². The maximum atomic E-state index is 12.4. The first-order valence-corrected chi connectivity index (χ1v) is 8.22. The molecule has 0 saturated heterocycles. The quantitative estimate of drug-likeness (QED) is 0.805. The molecular weight excluding hydrogens is 304 g/mol. The molecule has 21 heavy (non-hydrogen) atoms. The van der Waals surface area contributed by atoms with Crippen molar-refractivity contribution in [2.24, 2.45) is 0 Å². The van der Waals surface area contributed by atoms with Crippen LogP contribution in [-0.2, 0) is 12.8 Å². The molecule has 0 aliphatic heterocycles. The first kappa shape index (κ1) is 14.4. The van der Waals surface area contributed by atoms with E-state index in [1.807, 2.05) is 13.0 Å². The molecule has 110 valence electrons. The first-order valence-electron chi connectivity index (χ1n) is 7.03. The maximum absolute atomic E-state index is 12.4. The molecule has 3 N–H and O–H groups in total. The van der Waals surface area contributed by atoms with Gasteiger partial charge in [0.1, 0.15) is 0 Å². The largest absolute Gasteiger partial charge is 0.398 e. The molecular formula is C16H17ClN2OS. The lowest BCUT2D eigenvalue weighted by molar-refractivity contribution is 0.103. The van der Waals surface area contributed by atoms with Crippen LogP contribution in [0.4, 0.5) is 11.4 Å². The number of nitrogens with two attached hydrogens (primary N) is 1. The fourth-order valence-electron chi connectivity index (χ4n) is 2.62. The summed E-state index contributed by atoms with van der Waals surface area (Å²) in [5.74, 6) is -0.0710. The number of hydrogen-bond donors (Lipinski definition) is 2. The van der Waals surface area contributed by atoms with E-state index in [1.54, 1.807) is 23.5 Å². The topological polar surface area (TPSA) is 55.1 Å². The van der Waals surface area contributed by atoms with Crippen LogP contribution in [0, 0.1) is 6.92 Å². The lowest BCUT2D eigenvalue weighted by Crippen LogP contribution is -2.11. The Morgan fingerprint density at radius 3 is 2.81 bits per heavy atom.